The van der Waals surface area contributed by atoms with Gasteiger partial charge in [0.15, 0.2) is 5.78 Å². The van der Waals surface area contributed by atoms with Crippen molar-refractivity contribution in [3.8, 4) is 0 Å². The Balaban J connectivity index is 2.17. The topological polar surface area (TPSA) is 96.9 Å². The molecule has 0 aliphatic rings. The fourth-order valence-corrected chi connectivity index (χ4v) is 3.53. The van der Waals surface area contributed by atoms with Gasteiger partial charge in [0, 0.05) is 10.6 Å². The molecule has 0 spiro atoms. The fraction of sp³-hybridized carbons (Fsp3) is 0.222. The summed E-state index contributed by atoms with van der Waals surface area (Å²) in [6.07, 6.45) is 1.40. The summed E-state index contributed by atoms with van der Waals surface area (Å²) < 4.78 is 5.02. The summed E-state index contributed by atoms with van der Waals surface area (Å²) in [4.78, 5) is 36.4. The number of ketones is 1. The number of esters is 1. The van der Waals surface area contributed by atoms with Crippen LogP contribution in [0, 0.1) is 6.92 Å². The zero-order chi connectivity index (χ0) is 20.0. The Kier molecular flexibility index (Phi) is 7.09. The van der Waals surface area contributed by atoms with Gasteiger partial charge in [-0.25, -0.2) is 15.0 Å². The molecular formula is C18H18ClN3O4S. The molecule has 0 saturated heterocycles. The number of amides is 2. The number of benzene rings is 1. The normalized spacial score (nSPS) is 10.7. The van der Waals surface area contributed by atoms with Crippen LogP contribution in [0.2, 0.25) is 5.02 Å². The third-order valence-electron chi connectivity index (χ3n) is 3.45. The summed E-state index contributed by atoms with van der Waals surface area (Å²) in [7, 11) is 0. The molecule has 1 heterocycles. The molecule has 0 unspecified atom stereocenters. The van der Waals surface area contributed by atoms with Crippen LogP contribution < -0.4 is 10.7 Å². The van der Waals surface area contributed by atoms with Crippen molar-refractivity contribution in [2.24, 2.45) is 5.10 Å². The molecule has 0 fully saturated rings. The summed E-state index contributed by atoms with van der Waals surface area (Å²) in [6, 6.07) is 6.34. The highest BCUT2D eigenvalue weighted by Crippen LogP contribution is 2.34. The van der Waals surface area contributed by atoms with E-state index in [4.69, 9.17) is 16.3 Å². The Labute approximate surface area is 165 Å². The number of hydrogen-bond acceptors (Lipinski definition) is 6. The Morgan fingerprint density at radius 3 is 2.63 bits per heavy atom. The number of Topliss-reactive ketones (excluding diaryl/α,β-unsaturated/α-hetero) is 1. The first kappa shape index (κ1) is 20.6. The average molecular weight is 408 g/mol. The number of nitrogens with zero attached hydrogens (tertiary/aromatic N) is 1. The number of halogens is 1. The van der Waals surface area contributed by atoms with E-state index in [9.17, 15) is 14.4 Å². The number of hydrogen-bond donors (Lipinski definition) is 2. The van der Waals surface area contributed by atoms with Gasteiger partial charge in [0.05, 0.1) is 23.3 Å². The van der Waals surface area contributed by atoms with E-state index >= 15 is 0 Å². The Bertz CT molecular complexity index is 908. The maximum Gasteiger partial charge on any atom is 0.341 e. The molecule has 0 radical (unpaired) electrons. The van der Waals surface area contributed by atoms with E-state index < -0.39 is 12.0 Å². The number of anilines is 1. The number of urea groups is 1. The van der Waals surface area contributed by atoms with Crippen LogP contribution in [0.1, 0.15) is 45.0 Å². The lowest BCUT2D eigenvalue weighted by Crippen LogP contribution is -2.24. The van der Waals surface area contributed by atoms with E-state index in [1.165, 1.54) is 13.1 Å². The van der Waals surface area contributed by atoms with Crippen LogP contribution in [0.5, 0.6) is 0 Å². The molecule has 1 aromatic heterocycles. The minimum absolute atomic E-state index is 0.164. The van der Waals surface area contributed by atoms with Crippen LogP contribution in [0.15, 0.2) is 29.4 Å². The molecule has 0 atom stereocenters. The first-order valence-electron chi connectivity index (χ1n) is 8.01. The Hall–Kier alpha value is -2.71. The number of ether oxygens (including phenoxy) is 1. The molecule has 0 saturated carbocycles. The van der Waals surface area contributed by atoms with Crippen molar-refractivity contribution in [1.82, 2.24) is 5.43 Å². The molecule has 2 rings (SSSR count). The molecule has 7 nitrogen and oxygen atoms in total. The lowest BCUT2D eigenvalue weighted by Gasteiger charge is -2.06. The molecule has 2 amide bonds. The predicted octanol–water partition coefficient (Wildman–Crippen LogP) is 4.24. The molecule has 9 heteroatoms. The molecule has 27 heavy (non-hydrogen) atoms. The van der Waals surface area contributed by atoms with Crippen molar-refractivity contribution in [3.63, 3.8) is 0 Å². The third-order valence-corrected chi connectivity index (χ3v) is 5.10. The predicted molar refractivity (Wildman–Crippen MR) is 106 cm³/mol. The van der Waals surface area contributed by atoms with Gasteiger partial charge in [0.1, 0.15) is 5.00 Å². The highest BCUT2D eigenvalue weighted by atomic mass is 35.5. The molecule has 142 valence electrons. The van der Waals surface area contributed by atoms with Crippen molar-refractivity contribution in [1.29, 1.82) is 0 Å². The summed E-state index contributed by atoms with van der Waals surface area (Å²) in [6.45, 7) is 4.88. The second-order valence-corrected chi connectivity index (χ2v) is 6.81. The minimum Gasteiger partial charge on any atom is -0.462 e. The number of hydrazone groups is 1. The fourth-order valence-electron chi connectivity index (χ4n) is 2.26. The van der Waals surface area contributed by atoms with Crippen LogP contribution in [-0.2, 0) is 4.74 Å². The second-order valence-electron chi connectivity index (χ2n) is 5.38. The van der Waals surface area contributed by atoms with Gasteiger partial charge in [-0.2, -0.15) is 5.10 Å². The Morgan fingerprint density at radius 1 is 1.30 bits per heavy atom. The largest absolute Gasteiger partial charge is 0.462 e. The monoisotopic (exact) mass is 407 g/mol. The van der Waals surface area contributed by atoms with E-state index in [0.29, 0.717) is 21.0 Å². The smallest absolute Gasteiger partial charge is 0.341 e. The molecule has 1 aromatic carbocycles. The van der Waals surface area contributed by atoms with Crippen LogP contribution in [0.4, 0.5) is 9.80 Å². The van der Waals surface area contributed by atoms with Crippen LogP contribution in [0.3, 0.4) is 0 Å². The lowest BCUT2D eigenvalue weighted by molar-refractivity contribution is 0.0527. The van der Waals surface area contributed by atoms with Crippen molar-refractivity contribution < 1.29 is 19.1 Å². The molecule has 0 aliphatic heterocycles. The maximum absolute atomic E-state index is 12.2. The molecule has 2 aromatic rings. The average Bonchev–Trinajstić information content (AvgIpc) is 2.93. The first-order chi connectivity index (χ1) is 12.8. The SMILES string of the molecule is CCOC(=O)c1c(NC(=O)N/N=C\c2ccccc2Cl)sc(C(C)=O)c1C. The van der Waals surface area contributed by atoms with Crippen molar-refractivity contribution in [3.05, 3.63) is 50.9 Å². The standard InChI is InChI=1S/C18H18ClN3O4S/c1-4-26-17(24)14-10(2)15(11(3)23)27-16(14)21-18(25)22-20-9-12-7-5-6-8-13(12)19/h5-9H,4H2,1-3H3,(H2,21,22,25)/b20-9-. The van der Waals surface area contributed by atoms with Gasteiger partial charge in [0.25, 0.3) is 0 Å². The maximum atomic E-state index is 12.2. The van der Waals surface area contributed by atoms with Crippen LogP contribution >= 0.6 is 22.9 Å². The van der Waals surface area contributed by atoms with Gasteiger partial charge >= 0.3 is 12.0 Å². The van der Waals surface area contributed by atoms with Crippen LogP contribution in [-0.4, -0.2) is 30.6 Å². The van der Waals surface area contributed by atoms with Gasteiger partial charge in [-0.3, -0.25) is 10.1 Å². The van der Waals surface area contributed by atoms with Gasteiger partial charge in [-0.15, -0.1) is 11.3 Å². The molecular weight excluding hydrogens is 390 g/mol. The lowest BCUT2D eigenvalue weighted by atomic mass is 10.1. The number of carbonyl (C=O) groups excluding carboxylic acids is 3. The number of carbonyl (C=O) groups is 3. The second kappa shape index (κ2) is 9.29. The summed E-state index contributed by atoms with van der Waals surface area (Å²) >= 11 is 7.02. The van der Waals surface area contributed by atoms with Gasteiger partial charge < -0.3 is 4.74 Å². The van der Waals surface area contributed by atoms with Gasteiger partial charge in [-0.1, -0.05) is 29.8 Å². The van der Waals surface area contributed by atoms with Gasteiger partial charge in [0.2, 0.25) is 0 Å². The number of thiophene rings is 1. The van der Waals surface area contributed by atoms with E-state index in [1.54, 1.807) is 38.1 Å². The minimum atomic E-state index is -0.666. The molecule has 0 bridgehead atoms. The van der Waals surface area contributed by atoms with Gasteiger partial charge in [-0.05, 0) is 32.4 Å². The van der Waals surface area contributed by atoms with E-state index in [1.807, 2.05) is 0 Å². The highest BCUT2D eigenvalue weighted by molar-refractivity contribution is 7.18. The highest BCUT2D eigenvalue weighted by Gasteiger charge is 2.25. The quantitative estimate of drug-likeness (QED) is 0.324. The zero-order valence-corrected chi connectivity index (χ0v) is 16.5. The summed E-state index contributed by atoms with van der Waals surface area (Å²) in [5.74, 6) is -0.804. The molecule has 2 N–H and O–H groups in total. The zero-order valence-electron chi connectivity index (χ0n) is 15.0. The van der Waals surface area contributed by atoms with Crippen molar-refractivity contribution in [2.75, 3.05) is 11.9 Å². The van der Waals surface area contributed by atoms with E-state index in [2.05, 4.69) is 15.8 Å². The molecule has 0 aliphatic carbocycles. The number of rotatable bonds is 6. The third kappa shape index (κ3) is 5.15. The number of nitrogens with one attached hydrogen (secondary N) is 2. The first-order valence-corrected chi connectivity index (χ1v) is 9.20. The van der Waals surface area contributed by atoms with E-state index in [0.717, 1.165) is 11.3 Å². The summed E-state index contributed by atoms with van der Waals surface area (Å²) in [5.41, 5.74) is 3.57. The van der Waals surface area contributed by atoms with Crippen molar-refractivity contribution >= 4 is 51.9 Å². The Morgan fingerprint density at radius 2 is 2.00 bits per heavy atom. The van der Waals surface area contributed by atoms with Crippen LogP contribution in [0.25, 0.3) is 0 Å². The van der Waals surface area contributed by atoms with E-state index in [-0.39, 0.29) is 23.0 Å². The summed E-state index contributed by atoms with van der Waals surface area (Å²) in [5, 5.41) is 7.08. The van der Waals surface area contributed by atoms with Crippen molar-refractivity contribution in [2.45, 2.75) is 20.8 Å².